The highest BCUT2D eigenvalue weighted by Gasteiger charge is 2.08. The van der Waals surface area contributed by atoms with Crippen LogP contribution in [0.4, 0.5) is 0 Å². The molecule has 2 N–H and O–H groups in total. The van der Waals surface area contributed by atoms with E-state index < -0.39 is 0 Å². The van der Waals surface area contributed by atoms with Crippen molar-refractivity contribution >= 4 is 16.8 Å². The molecule has 0 aliphatic carbocycles. The van der Waals surface area contributed by atoms with Crippen LogP contribution in [-0.4, -0.2) is 20.7 Å². The molecule has 0 fully saturated rings. The van der Waals surface area contributed by atoms with E-state index in [9.17, 15) is 4.79 Å². The van der Waals surface area contributed by atoms with E-state index in [1.807, 2.05) is 59.5 Å². The number of para-hydroxylation sites is 1. The summed E-state index contributed by atoms with van der Waals surface area (Å²) in [5, 5.41) is 8.31. The molecule has 5 heteroatoms. The molecular formula is C21H20N4O. The molecule has 26 heavy (non-hydrogen) atoms. The second kappa shape index (κ2) is 7.27. The zero-order valence-electron chi connectivity index (χ0n) is 14.4. The maximum Gasteiger partial charge on any atom is 0.224 e. The highest BCUT2D eigenvalue weighted by atomic mass is 16.1. The minimum absolute atomic E-state index is 0.0235. The molecule has 2 aromatic carbocycles. The number of carbonyl (C=O) groups excluding carboxylic acids is 1. The first-order valence-electron chi connectivity index (χ1n) is 8.65. The van der Waals surface area contributed by atoms with Gasteiger partial charge in [0, 0.05) is 36.0 Å². The lowest BCUT2D eigenvalue weighted by molar-refractivity contribution is -0.120. The molecule has 5 nitrogen and oxygen atoms in total. The average Bonchev–Trinajstić information content (AvgIpc) is 3.32. The van der Waals surface area contributed by atoms with E-state index in [1.165, 1.54) is 5.56 Å². The predicted molar refractivity (Wildman–Crippen MR) is 102 cm³/mol. The van der Waals surface area contributed by atoms with Crippen LogP contribution in [0.3, 0.4) is 0 Å². The van der Waals surface area contributed by atoms with E-state index in [4.69, 9.17) is 0 Å². The second-order valence-electron chi connectivity index (χ2n) is 6.33. The van der Waals surface area contributed by atoms with Gasteiger partial charge in [-0.2, -0.15) is 5.10 Å². The first-order chi connectivity index (χ1) is 12.8. The van der Waals surface area contributed by atoms with Gasteiger partial charge < -0.3 is 10.3 Å². The average molecular weight is 344 g/mol. The van der Waals surface area contributed by atoms with E-state index in [0.717, 1.165) is 28.6 Å². The van der Waals surface area contributed by atoms with Crippen molar-refractivity contribution in [2.45, 2.75) is 19.5 Å². The van der Waals surface area contributed by atoms with Gasteiger partial charge in [0.15, 0.2) is 0 Å². The number of aromatic nitrogens is 3. The van der Waals surface area contributed by atoms with Crippen LogP contribution in [0.5, 0.6) is 0 Å². The number of nitrogens with zero attached hydrogens (tertiary/aromatic N) is 2. The molecule has 0 unspecified atom stereocenters. The van der Waals surface area contributed by atoms with Gasteiger partial charge in [-0.15, -0.1) is 0 Å². The normalized spacial score (nSPS) is 10.9. The largest absolute Gasteiger partial charge is 0.361 e. The summed E-state index contributed by atoms with van der Waals surface area (Å²) in [6, 6.07) is 18.2. The summed E-state index contributed by atoms with van der Waals surface area (Å²) >= 11 is 0. The summed E-state index contributed by atoms with van der Waals surface area (Å²) in [5.74, 6) is 0.0235. The summed E-state index contributed by atoms with van der Waals surface area (Å²) in [5.41, 5.74) is 4.35. The number of H-pyrrole nitrogens is 1. The standard InChI is InChI=1S/C21H20N4O/c26-21(12-18-14-22-20-5-2-1-4-19(18)20)23-13-16-6-8-17(9-7-16)15-25-11-3-10-24-25/h1-11,14,22H,12-13,15H2,(H,23,26). The molecule has 2 aromatic heterocycles. The Labute approximate surface area is 151 Å². The van der Waals surface area contributed by atoms with Crippen LogP contribution in [0.25, 0.3) is 10.9 Å². The molecule has 0 bridgehead atoms. The number of hydrogen-bond donors (Lipinski definition) is 2. The molecule has 0 aliphatic heterocycles. The van der Waals surface area contributed by atoms with Crippen molar-refractivity contribution < 1.29 is 4.79 Å². The lowest BCUT2D eigenvalue weighted by Crippen LogP contribution is -2.24. The summed E-state index contributed by atoms with van der Waals surface area (Å²) in [7, 11) is 0. The number of benzene rings is 2. The SMILES string of the molecule is O=C(Cc1c[nH]c2ccccc12)NCc1ccc(Cn2cccn2)cc1. The van der Waals surface area contributed by atoms with Crippen molar-refractivity contribution in [1.29, 1.82) is 0 Å². The van der Waals surface area contributed by atoms with Crippen LogP contribution < -0.4 is 5.32 Å². The lowest BCUT2D eigenvalue weighted by atomic mass is 10.1. The molecule has 130 valence electrons. The quantitative estimate of drug-likeness (QED) is 0.564. The Kier molecular flexibility index (Phi) is 4.51. The van der Waals surface area contributed by atoms with Crippen LogP contribution in [0, 0.1) is 0 Å². The molecule has 0 atom stereocenters. The second-order valence-corrected chi connectivity index (χ2v) is 6.33. The molecule has 2 heterocycles. The van der Waals surface area contributed by atoms with Gasteiger partial charge in [-0.25, -0.2) is 0 Å². The van der Waals surface area contributed by atoms with Crippen LogP contribution in [0.2, 0.25) is 0 Å². The highest BCUT2D eigenvalue weighted by molar-refractivity contribution is 5.88. The monoisotopic (exact) mass is 344 g/mol. The number of nitrogens with one attached hydrogen (secondary N) is 2. The fraction of sp³-hybridized carbons (Fsp3) is 0.143. The van der Waals surface area contributed by atoms with E-state index in [-0.39, 0.29) is 5.91 Å². The number of carbonyl (C=O) groups is 1. The predicted octanol–water partition coefficient (Wildman–Crippen LogP) is 3.27. The molecule has 0 spiro atoms. The number of hydrogen-bond acceptors (Lipinski definition) is 2. The molecule has 4 aromatic rings. The molecule has 1 amide bonds. The molecule has 4 rings (SSSR count). The number of amides is 1. The van der Waals surface area contributed by atoms with Gasteiger partial charge >= 0.3 is 0 Å². The lowest BCUT2D eigenvalue weighted by Gasteiger charge is -2.07. The third-order valence-corrected chi connectivity index (χ3v) is 4.44. The maximum absolute atomic E-state index is 12.3. The summed E-state index contributed by atoms with van der Waals surface area (Å²) in [6.45, 7) is 1.28. The van der Waals surface area contributed by atoms with Gasteiger partial charge in [-0.05, 0) is 28.8 Å². The van der Waals surface area contributed by atoms with Crippen molar-refractivity contribution in [3.8, 4) is 0 Å². The van der Waals surface area contributed by atoms with Crippen molar-refractivity contribution in [2.75, 3.05) is 0 Å². The van der Waals surface area contributed by atoms with Gasteiger partial charge in [0.05, 0.1) is 13.0 Å². The summed E-state index contributed by atoms with van der Waals surface area (Å²) in [4.78, 5) is 15.5. The molecule has 0 saturated heterocycles. The first-order valence-corrected chi connectivity index (χ1v) is 8.65. The topological polar surface area (TPSA) is 62.7 Å². The fourth-order valence-corrected chi connectivity index (χ4v) is 3.06. The van der Waals surface area contributed by atoms with Crippen LogP contribution in [-0.2, 0) is 24.3 Å². The smallest absolute Gasteiger partial charge is 0.224 e. The fourth-order valence-electron chi connectivity index (χ4n) is 3.06. The van der Waals surface area contributed by atoms with Gasteiger partial charge in [-0.3, -0.25) is 9.48 Å². The van der Waals surface area contributed by atoms with E-state index in [1.54, 1.807) is 6.20 Å². The minimum Gasteiger partial charge on any atom is -0.361 e. The zero-order chi connectivity index (χ0) is 17.8. The van der Waals surface area contributed by atoms with Crippen LogP contribution in [0.1, 0.15) is 16.7 Å². The number of fused-ring (bicyclic) bond motifs is 1. The Morgan fingerprint density at radius 1 is 1.04 bits per heavy atom. The van der Waals surface area contributed by atoms with Crippen molar-refractivity contribution in [3.05, 3.63) is 89.9 Å². The van der Waals surface area contributed by atoms with E-state index in [2.05, 4.69) is 27.5 Å². The van der Waals surface area contributed by atoms with E-state index >= 15 is 0 Å². The van der Waals surface area contributed by atoms with Gasteiger partial charge in [-0.1, -0.05) is 42.5 Å². The minimum atomic E-state index is 0.0235. The number of aromatic amines is 1. The summed E-state index contributed by atoms with van der Waals surface area (Å²) < 4.78 is 1.89. The zero-order valence-corrected chi connectivity index (χ0v) is 14.4. The summed E-state index contributed by atoms with van der Waals surface area (Å²) in [6.07, 6.45) is 6.01. The Balaban J connectivity index is 1.32. The third kappa shape index (κ3) is 3.67. The van der Waals surface area contributed by atoms with Gasteiger partial charge in [0.2, 0.25) is 5.91 Å². The molecular weight excluding hydrogens is 324 g/mol. The number of rotatable bonds is 6. The highest BCUT2D eigenvalue weighted by Crippen LogP contribution is 2.18. The van der Waals surface area contributed by atoms with Gasteiger partial charge in [0.25, 0.3) is 0 Å². The third-order valence-electron chi connectivity index (χ3n) is 4.44. The maximum atomic E-state index is 12.3. The Hall–Kier alpha value is -3.34. The molecule has 0 saturated carbocycles. The van der Waals surface area contributed by atoms with Crippen LogP contribution >= 0.6 is 0 Å². The first kappa shape index (κ1) is 16.1. The van der Waals surface area contributed by atoms with Crippen molar-refractivity contribution in [3.63, 3.8) is 0 Å². The molecule has 0 aliphatic rings. The van der Waals surface area contributed by atoms with Crippen molar-refractivity contribution in [2.24, 2.45) is 0 Å². The van der Waals surface area contributed by atoms with Crippen molar-refractivity contribution in [1.82, 2.24) is 20.1 Å². The van der Waals surface area contributed by atoms with Crippen LogP contribution in [0.15, 0.2) is 73.2 Å². The Morgan fingerprint density at radius 2 is 1.85 bits per heavy atom. The molecule has 0 radical (unpaired) electrons. The Morgan fingerprint density at radius 3 is 2.65 bits per heavy atom. The Bertz CT molecular complexity index is 1000. The van der Waals surface area contributed by atoms with E-state index in [0.29, 0.717) is 13.0 Å². The van der Waals surface area contributed by atoms with Gasteiger partial charge in [0.1, 0.15) is 0 Å².